The summed E-state index contributed by atoms with van der Waals surface area (Å²) in [4.78, 5) is 26.2. The summed E-state index contributed by atoms with van der Waals surface area (Å²) in [5.41, 5.74) is -0.613. The Kier molecular flexibility index (Phi) is 7.28. The summed E-state index contributed by atoms with van der Waals surface area (Å²) in [6, 6.07) is -0.693. The molecule has 1 amide bonds. The van der Waals surface area contributed by atoms with Crippen LogP contribution in [0, 0.1) is 5.92 Å². The summed E-state index contributed by atoms with van der Waals surface area (Å²) < 4.78 is 16.0. The van der Waals surface area contributed by atoms with Crippen molar-refractivity contribution in [3.63, 3.8) is 0 Å². The number of carbonyl (C=O) groups excluding carboxylic acids is 2. The summed E-state index contributed by atoms with van der Waals surface area (Å²) in [7, 11) is 1.97. The fourth-order valence-electron chi connectivity index (χ4n) is 2.11. The number of morpholine rings is 1. The lowest BCUT2D eigenvalue weighted by molar-refractivity contribution is -0.150. The largest absolute Gasteiger partial charge is 0.462 e. The standard InChI is InChI=1S/C16H30N2O5/c1-11(2)13(17-15(20)23-16(3,4)5)14(19)22-10-12-9-21-8-7-18(12)6/h11-13H,7-10H2,1-6H3,(H,17,20)/t12-,13-/m0/s1. The molecule has 134 valence electrons. The first-order chi connectivity index (χ1) is 10.6. The van der Waals surface area contributed by atoms with E-state index in [0.29, 0.717) is 13.2 Å². The van der Waals surface area contributed by atoms with E-state index in [2.05, 4.69) is 10.2 Å². The molecule has 1 heterocycles. The lowest BCUT2D eigenvalue weighted by Crippen LogP contribution is -2.49. The molecular formula is C16H30N2O5. The van der Waals surface area contributed by atoms with Crippen molar-refractivity contribution in [3.05, 3.63) is 0 Å². The monoisotopic (exact) mass is 330 g/mol. The zero-order valence-corrected chi connectivity index (χ0v) is 15.0. The molecule has 0 spiro atoms. The number of hydrogen-bond donors (Lipinski definition) is 1. The van der Waals surface area contributed by atoms with Gasteiger partial charge in [-0.1, -0.05) is 13.8 Å². The van der Waals surface area contributed by atoms with Crippen LogP contribution in [0.25, 0.3) is 0 Å². The first kappa shape index (κ1) is 19.7. The zero-order valence-electron chi connectivity index (χ0n) is 15.0. The second-order valence-electron chi connectivity index (χ2n) is 7.21. The van der Waals surface area contributed by atoms with Crippen LogP contribution in [0.15, 0.2) is 0 Å². The molecule has 0 unspecified atom stereocenters. The summed E-state index contributed by atoms with van der Waals surface area (Å²) in [6.45, 7) is 11.3. The molecule has 1 aliphatic rings. The molecule has 1 rings (SSSR count). The van der Waals surface area contributed by atoms with Crippen molar-refractivity contribution in [2.45, 2.75) is 52.3 Å². The number of carbonyl (C=O) groups is 2. The lowest BCUT2D eigenvalue weighted by Gasteiger charge is -2.32. The zero-order chi connectivity index (χ0) is 17.6. The van der Waals surface area contributed by atoms with E-state index in [9.17, 15) is 9.59 Å². The van der Waals surface area contributed by atoms with Gasteiger partial charge < -0.3 is 19.5 Å². The maximum Gasteiger partial charge on any atom is 0.408 e. The number of alkyl carbamates (subject to hydrolysis) is 1. The fourth-order valence-corrected chi connectivity index (χ4v) is 2.11. The molecule has 1 aliphatic heterocycles. The van der Waals surface area contributed by atoms with Crippen LogP contribution < -0.4 is 5.32 Å². The van der Waals surface area contributed by atoms with Crippen molar-refractivity contribution in [3.8, 4) is 0 Å². The number of amides is 1. The smallest absolute Gasteiger partial charge is 0.408 e. The summed E-state index contributed by atoms with van der Waals surface area (Å²) in [5, 5.41) is 2.59. The van der Waals surface area contributed by atoms with Gasteiger partial charge >= 0.3 is 12.1 Å². The third-order valence-electron chi connectivity index (χ3n) is 3.53. The van der Waals surface area contributed by atoms with Gasteiger partial charge in [0.05, 0.1) is 19.3 Å². The number of likely N-dealkylation sites (N-methyl/N-ethyl adjacent to an activating group) is 1. The van der Waals surface area contributed by atoms with Crippen LogP contribution in [0.3, 0.4) is 0 Å². The van der Waals surface area contributed by atoms with Crippen molar-refractivity contribution in [1.82, 2.24) is 10.2 Å². The van der Waals surface area contributed by atoms with Crippen LogP contribution in [0.4, 0.5) is 4.79 Å². The Morgan fingerprint density at radius 2 is 2.00 bits per heavy atom. The van der Waals surface area contributed by atoms with Gasteiger partial charge in [0.1, 0.15) is 18.2 Å². The molecule has 0 aromatic carbocycles. The summed E-state index contributed by atoms with van der Waals surface area (Å²) in [5.74, 6) is -0.555. The third-order valence-corrected chi connectivity index (χ3v) is 3.53. The molecule has 0 aliphatic carbocycles. The topological polar surface area (TPSA) is 77.1 Å². The first-order valence-corrected chi connectivity index (χ1v) is 8.04. The molecule has 1 saturated heterocycles. The van der Waals surface area contributed by atoms with Gasteiger partial charge in [-0.05, 0) is 33.7 Å². The van der Waals surface area contributed by atoms with Crippen molar-refractivity contribution >= 4 is 12.1 Å². The lowest BCUT2D eigenvalue weighted by atomic mass is 10.1. The Balaban J connectivity index is 2.52. The van der Waals surface area contributed by atoms with Gasteiger partial charge in [-0.25, -0.2) is 9.59 Å². The van der Waals surface area contributed by atoms with Crippen LogP contribution in [-0.4, -0.2) is 68.1 Å². The number of hydrogen-bond acceptors (Lipinski definition) is 6. The van der Waals surface area contributed by atoms with Crippen molar-refractivity contribution in [2.24, 2.45) is 5.92 Å². The van der Waals surface area contributed by atoms with Crippen LogP contribution in [0.2, 0.25) is 0 Å². The number of nitrogens with zero attached hydrogens (tertiary/aromatic N) is 1. The van der Waals surface area contributed by atoms with Gasteiger partial charge in [0, 0.05) is 6.54 Å². The van der Waals surface area contributed by atoms with E-state index in [1.807, 2.05) is 20.9 Å². The quantitative estimate of drug-likeness (QED) is 0.768. The average molecular weight is 330 g/mol. The predicted octanol–water partition coefficient (Wildman–Crippen LogP) is 1.41. The molecule has 2 atom stereocenters. The molecule has 1 fully saturated rings. The molecule has 7 nitrogen and oxygen atoms in total. The van der Waals surface area contributed by atoms with E-state index in [4.69, 9.17) is 14.2 Å². The van der Waals surface area contributed by atoms with E-state index >= 15 is 0 Å². The van der Waals surface area contributed by atoms with Gasteiger partial charge in [-0.15, -0.1) is 0 Å². The molecule has 0 aromatic heterocycles. The Labute approximate surface area is 138 Å². The van der Waals surface area contributed by atoms with Gasteiger partial charge in [-0.3, -0.25) is 4.90 Å². The highest BCUT2D eigenvalue weighted by atomic mass is 16.6. The highest BCUT2D eigenvalue weighted by molar-refractivity contribution is 5.81. The van der Waals surface area contributed by atoms with E-state index in [-0.39, 0.29) is 18.6 Å². The average Bonchev–Trinajstić information content (AvgIpc) is 2.41. The summed E-state index contributed by atoms with van der Waals surface area (Å²) in [6.07, 6.45) is -0.619. The van der Waals surface area contributed by atoms with Gasteiger partial charge in [-0.2, -0.15) is 0 Å². The van der Waals surface area contributed by atoms with Gasteiger partial charge in [0.25, 0.3) is 0 Å². The maximum atomic E-state index is 12.3. The number of rotatable bonds is 5. The third kappa shape index (κ3) is 7.18. The SMILES string of the molecule is CC(C)[C@H](NC(=O)OC(C)(C)C)C(=O)OC[C@@H]1COCCN1C. The van der Waals surface area contributed by atoms with Crippen LogP contribution in [0.5, 0.6) is 0 Å². The highest BCUT2D eigenvalue weighted by Gasteiger charge is 2.29. The van der Waals surface area contributed by atoms with E-state index in [0.717, 1.165) is 6.54 Å². The minimum Gasteiger partial charge on any atom is -0.462 e. The first-order valence-electron chi connectivity index (χ1n) is 8.04. The van der Waals surface area contributed by atoms with Crippen molar-refractivity contribution in [2.75, 3.05) is 33.4 Å². The number of esters is 1. The minimum atomic E-state index is -0.736. The molecular weight excluding hydrogens is 300 g/mol. The van der Waals surface area contributed by atoms with E-state index < -0.39 is 23.7 Å². The van der Waals surface area contributed by atoms with Crippen LogP contribution in [0.1, 0.15) is 34.6 Å². The van der Waals surface area contributed by atoms with Crippen LogP contribution >= 0.6 is 0 Å². The second-order valence-corrected chi connectivity index (χ2v) is 7.21. The van der Waals surface area contributed by atoms with Gasteiger partial charge in [0.15, 0.2) is 0 Å². The highest BCUT2D eigenvalue weighted by Crippen LogP contribution is 2.11. The minimum absolute atomic E-state index is 0.0436. The molecule has 0 bridgehead atoms. The van der Waals surface area contributed by atoms with E-state index in [1.54, 1.807) is 20.8 Å². The Bertz CT molecular complexity index is 406. The molecule has 0 radical (unpaired) electrons. The summed E-state index contributed by atoms with van der Waals surface area (Å²) >= 11 is 0. The Hall–Kier alpha value is -1.34. The van der Waals surface area contributed by atoms with Gasteiger partial charge in [0.2, 0.25) is 0 Å². The number of nitrogens with one attached hydrogen (secondary N) is 1. The van der Waals surface area contributed by atoms with Crippen LogP contribution in [-0.2, 0) is 19.0 Å². The molecule has 23 heavy (non-hydrogen) atoms. The Morgan fingerprint density at radius 3 is 2.52 bits per heavy atom. The maximum absolute atomic E-state index is 12.3. The fraction of sp³-hybridized carbons (Fsp3) is 0.875. The molecule has 1 N–H and O–H groups in total. The Morgan fingerprint density at radius 1 is 1.35 bits per heavy atom. The molecule has 0 saturated carbocycles. The van der Waals surface area contributed by atoms with Crippen molar-refractivity contribution in [1.29, 1.82) is 0 Å². The number of ether oxygens (including phenoxy) is 3. The second kappa shape index (κ2) is 8.49. The molecule has 7 heteroatoms. The predicted molar refractivity (Wildman–Crippen MR) is 86.2 cm³/mol. The molecule has 0 aromatic rings. The van der Waals surface area contributed by atoms with Crippen molar-refractivity contribution < 1.29 is 23.8 Å². The van der Waals surface area contributed by atoms with E-state index in [1.165, 1.54) is 0 Å². The normalized spacial score (nSPS) is 20.9.